The molecule has 0 amide bonds. The molecule has 3 rings (SSSR count). The van der Waals surface area contributed by atoms with Crippen LogP contribution >= 0.6 is 0 Å². The minimum Gasteiger partial charge on any atom is -0.477 e. The van der Waals surface area contributed by atoms with Crippen molar-refractivity contribution in [2.75, 3.05) is 26.4 Å². The van der Waals surface area contributed by atoms with E-state index in [-0.39, 0.29) is 11.7 Å². The van der Waals surface area contributed by atoms with Gasteiger partial charge in [-0.1, -0.05) is 0 Å². The highest BCUT2D eigenvalue weighted by Crippen LogP contribution is 2.16. The summed E-state index contributed by atoms with van der Waals surface area (Å²) in [5.74, 6) is -1.16. The highest BCUT2D eigenvalue weighted by molar-refractivity contribution is 5.89. The lowest BCUT2D eigenvalue weighted by atomic mass is 9.97. The average molecular weight is 294 g/mol. The van der Waals surface area contributed by atoms with Crippen molar-refractivity contribution in [3.8, 4) is 0 Å². The summed E-state index contributed by atoms with van der Waals surface area (Å²) in [5, 5.41) is 12.6. The maximum absolute atomic E-state index is 12.4. The van der Waals surface area contributed by atoms with Crippen LogP contribution in [-0.2, 0) is 29.0 Å². The number of pyridine rings is 1. The molecule has 1 atom stereocenters. The van der Waals surface area contributed by atoms with Gasteiger partial charge in [-0.15, -0.1) is 0 Å². The molecule has 0 saturated carbocycles. The predicted molar refractivity (Wildman–Crippen MR) is 73.6 cm³/mol. The minimum atomic E-state index is -1.16. The molecule has 0 radical (unpaired) electrons. The fourth-order valence-corrected chi connectivity index (χ4v) is 2.85. The lowest BCUT2D eigenvalue weighted by Gasteiger charge is -2.25. The molecule has 0 spiro atoms. The van der Waals surface area contributed by atoms with Crippen LogP contribution in [0.15, 0.2) is 11.0 Å². The Hall–Kier alpha value is -1.70. The third-order valence-corrected chi connectivity index (χ3v) is 3.84. The molecule has 1 fully saturated rings. The van der Waals surface area contributed by atoms with Crippen LogP contribution in [0.5, 0.6) is 0 Å². The van der Waals surface area contributed by atoms with Crippen LogP contribution in [0.3, 0.4) is 0 Å². The maximum Gasteiger partial charge on any atom is 0.341 e. The predicted octanol–water partition coefficient (Wildman–Crippen LogP) is -0.392. The summed E-state index contributed by atoms with van der Waals surface area (Å²) >= 11 is 0. The van der Waals surface area contributed by atoms with E-state index in [1.54, 1.807) is 6.20 Å². The van der Waals surface area contributed by atoms with Gasteiger partial charge in [0.1, 0.15) is 5.56 Å². The van der Waals surface area contributed by atoms with Crippen molar-refractivity contribution >= 4 is 5.97 Å². The third kappa shape index (κ3) is 2.85. The molecule has 1 unspecified atom stereocenters. The molecule has 0 aliphatic carbocycles. The number of hydrogen-bond acceptors (Lipinski definition) is 5. The second-order valence-electron chi connectivity index (χ2n) is 5.27. The van der Waals surface area contributed by atoms with E-state index in [4.69, 9.17) is 9.47 Å². The van der Waals surface area contributed by atoms with Crippen LogP contribution < -0.4 is 10.9 Å². The number of nitrogens with zero attached hydrogens (tertiary/aromatic N) is 1. The molecule has 2 N–H and O–H groups in total. The number of aromatic nitrogens is 1. The third-order valence-electron chi connectivity index (χ3n) is 3.84. The molecular formula is C14H18N2O5. The van der Waals surface area contributed by atoms with Gasteiger partial charge in [-0.25, -0.2) is 4.79 Å². The largest absolute Gasteiger partial charge is 0.477 e. The zero-order valence-corrected chi connectivity index (χ0v) is 11.6. The molecule has 1 aromatic rings. The Morgan fingerprint density at radius 1 is 1.48 bits per heavy atom. The summed E-state index contributed by atoms with van der Waals surface area (Å²) in [5.41, 5.74) is 0.960. The number of fused-ring (bicyclic) bond motifs is 1. The molecule has 1 saturated heterocycles. The van der Waals surface area contributed by atoms with Crippen LogP contribution in [0.1, 0.15) is 21.5 Å². The molecule has 2 aliphatic heterocycles. The topological polar surface area (TPSA) is 89.8 Å². The maximum atomic E-state index is 12.4. The number of carboxylic acid groups (broad SMARTS) is 1. The lowest BCUT2D eigenvalue weighted by molar-refractivity contribution is -0.0939. The molecule has 0 aromatic carbocycles. The van der Waals surface area contributed by atoms with Gasteiger partial charge in [0, 0.05) is 12.7 Å². The van der Waals surface area contributed by atoms with Crippen LogP contribution in [0.4, 0.5) is 0 Å². The van der Waals surface area contributed by atoms with E-state index in [0.717, 1.165) is 5.56 Å². The van der Waals surface area contributed by atoms with E-state index in [9.17, 15) is 14.7 Å². The zero-order chi connectivity index (χ0) is 14.8. The smallest absolute Gasteiger partial charge is 0.341 e. The highest BCUT2D eigenvalue weighted by Gasteiger charge is 2.24. The van der Waals surface area contributed by atoms with Crippen molar-refractivity contribution in [1.29, 1.82) is 0 Å². The van der Waals surface area contributed by atoms with Gasteiger partial charge in [0.15, 0.2) is 0 Å². The molecule has 0 bridgehead atoms. The van der Waals surface area contributed by atoms with E-state index < -0.39 is 11.5 Å². The summed E-state index contributed by atoms with van der Waals surface area (Å²) in [6.45, 7) is 3.06. The number of nitrogens with one attached hydrogen (secondary N) is 1. The average Bonchev–Trinajstić information content (AvgIpc) is 2.49. The van der Waals surface area contributed by atoms with Crippen LogP contribution in [0.25, 0.3) is 0 Å². The number of ether oxygens (including phenoxy) is 2. The Bertz CT molecular complexity index is 604. The van der Waals surface area contributed by atoms with Crippen molar-refractivity contribution < 1.29 is 19.4 Å². The number of carboxylic acids is 1. The zero-order valence-electron chi connectivity index (χ0n) is 11.6. The molecule has 114 valence electrons. The molecular weight excluding hydrogens is 276 g/mol. The Balaban J connectivity index is 1.98. The van der Waals surface area contributed by atoms with Crippen molar-refractivity contribution in [3.05, 3.63) is 33.2 Å². The number of rotatable bonds is 3. The van der Waals surface area contributed by atoms with Gasteiger partial charge in [0.25, 0.3) is 5.56 Å². The molecule has 7 nitrogen and oxygen atoms in total. The SMILES string of the molecule is O=C(O)c1c2c(cn(CC3COCCO3)c1=O)CNCC2. The molecule has 7 heteroatoms. The Kier molecular flexibility index (Phi) is 4.05. The second kappa shape index (κ2) is 5.97. The van der Waals surface area contributed by atoms with Gasteiger partial charge in [-0.05, 0) is 24.1 Å². The monoisotopic (exact) mass is 294 g/mol. The van der Waals surface area contributed by atoms with Crippen molar-refractivity contribution in [3.63, 3.8) is 0 Å². The minimum absolute atomic E-state index is 0.106. The van der Waals surface area contributed by atoms with Gasteiger partial charge in [0.2, 0.25) is 0 Å². The van der Waals surface area contributed by atoms with E-state index in [2.05, 4.69) is 5.32 Å². The van der Waals surface area contributed by atoms with Gasteiger partial charge < -0.3 is 24.5 Å². The number of aromatic carboxylic acids is 1. The first-order valence-corrected chi connectivity index (χ1v) is 7.05. The van der Waals surface area contributed by atoms with E-state index >= 15 is 0 Å². The fourth-order valence-electron chi connectivity index (χ4n) is 2.85. The summed E-state index contributed by atoms with van der Waals surface area (Å²) in [6, 6.07) is 0. The van der Waals surface area contributed by atoms with E-state index in [1.165, 1.54) is 4.57 Å². The Labute approximate surface area is 121 Å². The second-order valence-corrected chi connectivity index (χ2v) is 5.27. The van der Waals surface area contributed by atoms with Crippen LogP contribution in [-0.4, -0.2) is 48.1 Å². The van der Waals surface area contributed by atoms with Gasteiger partial charge in [-0.3, -0.25) is 4.79 Å². The van der Waals surface area contributed by atoms with Crippen LogP contribution in [0, 0.1) is 0 Å². The first-order valence-electron chi connectivity index (χ1n) is 7.05. The molecule has 1 aromatic heterocycles. The van der Waals surface area contributed by atoms with Crippen molar-refractivity contribution in [1.82, 2.24) is 9.88 Å². The van der Waals surface area contributed by atoms with E-state index in [1.807, 2.05) is 0 Å². The number of hydrogen-bond donors (Lipinski definition) is 2. The summed E-state index contributed by atoms with van der Waals surface area (Å²) in [7, 11) is 0. The highest BCUT2D eigenvalue weighted by atomic mass is 16.6. The molecule has 3 heterocycles. The Morgan fingerprint density at radius 3 is 3.05 bits per heavy atom. The standard InChI is InChI=1S/C14H18N2O5/c17-13-12(14(18)19)11-1-2-15-5-9(11)6-16(13)7-10-8-20-3-4-21-10/h6,10,15H,1-5,7-8H2,(H,18,19). The summed E-state index contributed by atoms with van der Waals surface area (Å²) in [6.07, 6.45) is 2.09. The van der Waals surface area contributed by atoms with Gasteiger partial charge in [-0.2, -0.15) is 0 Å². The summed E-state index contributed by atoms with van der Waals surface area (Å²) < 4.78 is 12.3. The quantitative estimate of drug-likeness (QED) is 0.789. The Morgan fingerprint density at radius 2 is 2.33 bits per heavy atom. The van der Waals surface area contributed by atoms with Crippen molar-refractivity contribution in [2.24, 2.45) is 0 Å². The first kappa shape index (κ1) is 14.2. The van der Waals surface area contributed by atoms with Gasteiger partial charge in [0.05, 0.1) is 32.5 Å². The van der Waals surface area contributed by atoms with Crippen LogP contribution in [0.2, 0.25) is 0 Å². The van der Waals surface area contributed by atoms with Crippen molar-refractivity contribution in [2.45, 2.75) is 25.6 Å². The first-order chi connectivity index (χ1) is 10.2. The fraction of sp³-hybridized carbons (Fsp3) is 0.571. The summed E-state index contributed by atoms with van der Waals surface area (Å²) in [4.78, 5) is 23.9. The van der Waals surface area contributed by atoms with Gasteiger partial charge >= 0.3 is 5.97 Å². The molecule has 2 aliphatic rings. The van der Waals surface area contributed by atoms with E-state index in [0.29, 0.717) is 51.4 Å². The molecule has 21 heavy (non-hydrogen) atoms. The number of carbonyl (C=O) groups is 1. The lowest BCUT2D eigenvalue weighted by Crippen LogP contribution is -2.39. The normalized spacial score (nSPS) is 21.8.